The van der Waals surface area contributed by atoms with E-state index < -0.39 is 5.60 Å². The van der Waals surface area contributed by atoms with Crippen molar-refractivity contribution in [3.8, 4) is 0 Å². The molecule has 1 saturated heterocycles. The number of hydrogen-bond donors (Lipinski definition) is 0. The van der Waals surface area contributed by atoms with Crippen molar-refractivity contribution >= 4 is 6.09 Å². The van der Waals surface area contributed by atoms with Gasteiger partial charge in [-0.05, 0) is 39.2 Å². The van der Waals surface area contributed by atoms with Gasteiger partial charge in [0.25, 0.3) is 0 Å². The molecule has 206 valence electrons. The van der Waals surface area contributed by atoms with Crippen LogP contribution in [-0.2, 0) is 39.8 Å². The van der Waals surface area contributed by atoms with Crippen LogP contribution in [0.4, 0.5) is 4.79 Å². The molecule has 0 spiro atoms. The van der Waals surface area contributed by atoms with Gasteiger partial charge in [-0.25, -0.2) is 4.79 Å². The Bertz CT molecular complexity index is 674. The second-order valence-corrected chi connectivity index (χ2v) is 9.53. The number of hydrogen-bond acceptors (Lipinski definition) is 8. The third-order valence-corrected chi connectivity index (χ3v) is 5.27. The minimum Gasteiger partial charge on any atom is -0.444 e. The molecule has 1 aliphatic rings. The van der Waals surface area contributed by atoms with E-state index in [0.29, 0.717) is 85.8 Å². The molecule has 1 amide bonds. The summed E-state index contributed by atoms with van der Waals surface area (Å²) in [6.07, 6.45) is 1.54. The Balaban J connectivity index is 1.27. The molecule has 1 fully saturated rings. The van der Waals surface area contributed by atoms with Crippen LogP contribution in [0.15, 0.2) is 30.3 Å². The van der Waals surface area contributed by atoms with Crippen LogP contribution in [-0.4, -0.2) is 102 Å². The van der Waals surface area contributed by atoms with Gasteiger partial charge in [-0.2, -0.15) is 0 Å². The first kappa shape index (κ1) is 30.5. The van der Waals surface area contributed by atoms with Crippen LogP contribution in [0.5, 0.6) is 0 Å². The summed E-state index contributed by atoms with van der Waals surface area (Å²) in [5.41, 5.74) is 0.695. The Morgan fingerprint density at radius 3 is 1.72 bits per heavy atom. The Kier molecular flexibility index (Phi) is 15.6. The summed E-state index contributed by atoms with van der Waals surface area (Å²) in [6, 6.07) is 10.1. The summed E-state index contributed by atoms with van der Waals surface area (Å²) < 4.78 is 38.9. The average Bonchev–Trinajstić information content (AvgIpc) is 2.86. The van der Waals surface area contributed by atoms with Crippen LogP contribution in [0, 0.1) is 0 Å². The molecular weight excluding hydrogens is 466 g/mol. The maximum absolute atomic E-state index is 12.1. The van der Waals surface area contributed by atoms with Crippen molar-refractivity contribution < 1.29 is 38.0 Å². The average molecular weight is 512 g/mol. The predicted molar refractivity (Wildman–Crippen MR) is 136 cm³/mol. The van der Waals surface area contributed by atoms with Crippen molar-refractivity contribution in [1.29, 1.82) is 0 Å². The molecule has 0 radical (unpaired) electrons. The summed E-state index contributed by atoms with van der Waals surface area (Å²) in [6.45, 7) is 12.9. The number of likely N-dealkylation sites (tertiary alicyclic amines) is 1. The summed E-state index contributed by atoms with van der Waals surface area (Å²) in [4.78, 5) is 13.8. The number of rotatable bonds is 18. The fraction of sp³-hybridized carbons (Fsp3) is 0.741. The third-order valence-electron chi connectivity index (χ3n) is 5.27. The molecule has 0 aliphatic carbocycles. The molecule has 0 bridgehead atoms. The zero-order valence-electron chi connectivity index (χ0n) is 22.3. The highest BCUT2D eigenvalue weighted by Gasteiger charge is 2.27. The van der Waals surface area contributed by atoms with Crippen molar-refractivity contribution in [2.24, 2.45) is 0 Å². The van der Waals surface area contributed by atoms with Crippen molar-refractivity contribution in [2.45, 2.75) is 51.9 Å². The highest BCUT2D eigenvalue weighted by atomic mass is 16.6. The highest BCUT2D eigenvalue weighted by molar-refractivity contribution is 5.68. The van der Waals surface area contributed by atoms with Gasteiger partial charge < -0.3 is 38.1 Å². The fourth-order valence-corrected chi connectivity index (χ4v) is 3.45. The first-order valence-corrected chi connectivity index (χ1v) is 13.0. The Hall–Kier alpha value is -1.75. The first-order chi connectivity index (χ1) is 17.4. The predicted octanol–water partition coefficient (Wildman–Crippen LogP) is 3.69. The Morgan fingerprint density at radius 2 is 1.22 bits per heavy atom. The summed E-state index contributed by atoms with van der Waals surface area (Å²) in [7, 11) is 0. The summed E-state index contributed by atoms with van der Waals surface area (Å²) in [5.74, 6) is 0. The Labute approximate surface area is 216 Å². The minimum absolute atomic E-state index is 0.159. The molecule has 0 N–H and O–H groups in total. The molecule has 2 rings (SSSR count). The van der Waals surface area contributed by atoms with Gasteiger partial charge in [-0.15, -0.1) is 0 Å². The number of nitrogens with zero attached hydrogens (tertiary/aromatic N) is 1. The maximum Gasteiger partial charge on any atom is 0.410 e. The molecule has 36 heavy (non-hydrogen) atoms. The molecule has 0 unspecified atom stereocenters. The van der Waals surface area contributed by atoms with Crippen molar-refractivity contribution in [2.75, 3.05) is 79.2 Å². The zero-order valence-corrected chi connectivity index (χ0v) is 22.3. The molecule has 1 aliphatic heterocycles. The fourth-order valence-electron chi connectivity index (χ4n) is 3.45. The lowest BCUT2D eigenvalue weighted by molar-refractivity contribution is -0.0399. The van der Waals surface area contributed by atoms with Gasteiger partial charge in [0.05, 0.1) is 78.8 Å². The van der Waals surface area contributed by atoms with Gasteiger partial charge in [-0.1, -0.05) is 30.3 Å². The number of carbonyl (C=O) groups excluding carboxylic acids is 1. The highest BCUT2D eigenvalue weighted by Crippen LogP contribution is 2.17. The van der Waals surface area contributed by atoms with E-state index in [1.807, 2.05) is 51.1 Å². The molecule has 1 heterocycles. The number of piperidine rings is 1. The van der Waals surface area contributed by atoms with Gasteiger partial charge in [0.15, 0.2) is 0 Å². The summed E-state index contributed by atoms with van der Waals surface area (Å²) in [5, 5.41) is 0. The standard InChI is InChI=1S/C27H45NO8/c1-27(2,3)36-26(29)28-11-9-25(10-12-28)35-22-21-33-18-17-31-14-13-30-15-16-32-19-20-34-23-24-7-5-4-6-8-24/h4-8,25H,9-23H2,1-3H3. The van der Waals surface area contributed by atoms with Gasteiger partial charge in [-0.3, -0.25) is 0 Å². The first-order valence-electron chi connectivity index (χ1n) is 13.0. The molecule has 1 aromatic carbocycles. The normalized spacial score (nSPS) is 14.8. The van der Waals surface area contributed by atoms with Crippen LogP contribution < -0.4 is 0 Å². The lowest BCUT2D eigenvalue weighted by atomic mass is 10.1. The van der Waals surface area contributed by atoms with Crippen molar-refractivity contribution in [3.05, 3.63) is 35.9 Å². The topological polar surface area (TPSA) is 84.9 Å². The molecule has 0 saturated carbocycles. The van der Waals surface area contributed by atoms with Crippen LogP contribution in [0.3, 0.4) is 0 Å². The van der Waals surface area contributed by atoms with E-state index in [9.17, 15) is 4.79 Å². The lowest BCUT2D eigenvalue weighted by Gasteiger charge is -2.33. The van der Waals surface area contributed by atoms with Crippen LogP contribution in [0.1, 0.15) is 39.2 Å². The Morgan fingerprint density at radius 1 is 0.750 bits per heavy atom. The van der Waals surface area contributed by atoms with Gasteiger partial charge in [0, 0.05) is 13.1 Å². The number of carbonyl (C=O) groups is 1. The van der Waals surface area contributed by atoms with E-state index in [1.165, 1.54) is 0 Å². The van der Waals surface area contributed by atoms with Gasteiger partial charge >= 0.3 is 6.09 Å². The van der Waals surface area contributed by atoms with E-state index in [0.717, 1.165) is 18.4 Å². The van der Waals surface area contributed by atoms with Gasteiger partial charge in [0.1, 0.15) is 5.60 Å². The van der Waals surface area contributed by atoms with E-state index in [4.69, 9.17) is 33.2 Å². The smallest absolute Gasteiger partial charge is 0.410 e. The van der Waals surface area contributed by atoms with E-state index in [-0.39, 0.29) is 12.2 Å². The molecular formula is C27H45NO8. The lowest BCUT2D eigenvalue weighted by Crippen LogP contribution is -2.43. The second-order valence-electron chi connectivity index (χ2n) is 9.53. The van der Waals surface area contributed by atoms with Crippen molar-refractivity contribution in [3.63, 3.8) is 0 Å². The van der Waals surface area contributed by atoms with Crippen LogP contribution in [0.25, 0.3) is 0 Å². The molecule has 1 aromatic rings. The summed E-state index contributed by atoms with van der Waals surface area (Å²) >= 11 is 0. The molecule has 0 atom stereocenters. The van der Waals surface area contributed by atoms with Gasteiger partial charge in [0.2, 0.25) is 0 Å². The maximum atomic E-state index is 12.1. The number of ether oxygens (including phenoxy) is 7. The van der Waals surface area contributed by atoms with Crippen molar-refractivity contribution in [1.82, 2.24) is 4.90 Å². The van der Waals surface area contributed by atoms with E-state index in [1.54, 1.807) is 4.90 Å². The molecule has 0 aromatic heterocycles. The third kappa shape index (κ3) is 15.4. The van der Waals surface area contributed by atoms with Crippen LogP contribution in [0.2, 0.25) is 0 Å². The van der Waals surface area contributed by atoms with E-state index >= 15 is 0 Å². The quantitative estimate of drug-likeness (QED) is 0.276. The second kappa shape index (κ2) is 18.5. The zero-order chi connectivity index (χ0) is 25.9. The van der Waals surface area contributed by atoms with E-state index in [2.05, 4.69) is 0 Å². The van der Waals surface area contributed by atoms with Crippen LogP contribution >= 0.6 is 0 Å². The number of amides is 1. The molecule has 9 nitrogen and oxygen atoms in total. The molecule has 9 heteroatoms. The minimum atomic E-state index is -0.466. The SMILES string of the molecule is CC(C)(C)OC(=O)N1CCC(OCCOCCOCCOCCOCCOCc2ccccc2)CC1. The monoisotopic (exact) mass is 511 g/mol. The number of benzene rings is 1. The largest absolute Gasteiger partial charge is 0.444 e.